The lowest BCUT2D eigenvalue weighted by atomic mass is 10.0. The van der Waals surface area contributed by atoms with Crippen LogP contribution in [0.2, 0.25) is 0 Å². The lowest BCUT2D eigenvalue weighted by Gasteiger charge is -2.35. The lowest BCUT2D eigenvalue weighted by molar-refractivity contribution is 0.181. The molecule has 1 aromatic heterocycles. The summed E-state index contributed by atoms with van der Waals surface area (Å²) in [4.78, 5) is 8.51. The molecule has 0 saturated carbocycles. The van der Waals surface area contributed by atoms with Gasteiger partial charge < -0.3 is 11.1 Å². The van der Waals surface area contributed by atoms with Gasteiger partial charge in [0.2, 0.25) is 0 Å². The fourth-order valence-corrected chi connectivity index (χ4v) is 4.10. The molecule has 26 heavy (non-hydrogen) atoms. The van der Waals surface area contributed by atoms with Gasteiger partial charge in [-0.2, -0.15) is 0 Å². The van der Waals surface area contributed by atoms with Crippen LogP contribution in [0.4, 0.5) is 0 Å². The number of fused-ring (bicyclic) bond motifs is 1. The lowest BCUT2D eigenvalue weighted by Crippen LogP contribution is -2.42. The summed E-state index contributed by atoms with van der Waals surface area (Å²) in [6.45, 7) is 7.92. The van der Waals surface area contributed by atoms with Gasteiger partial charge in [0.05, 0.1) is 6.04 Å². The quantitative estimate of drug-likeness (QED) is 0.370. The highest BCUT2D eigenvalue weighted by molar-refractivity contribution is 14.0. The van der Waals surface area contributed by atoms with E-state index in [1.54, 1.807) is 0 Å². The van der Waals surface area contributed by atoms with Crippen LogP contribution in [0.1, 0.15) is 35.9 Å². The average molecular weight is 484 g/mol. The summed E-state index contributed by atoms with van der Waals surface area (Å²) in [6, 6.07) is 13.3. The van der Waals surface area contributed by atoms with Gasteiger partial charge in [0.25, 0.3) is 0 Å². The topological polar surface area (TPSA) is 53.6 Å². The van der Waals surface area contributed by atoms with Gasteiger partial charge in [0.15, 0.2) is 5.96 Å². The van der Waals surface area contributed by atoms with Crippen molar-refractivity contribution in [2.45, 2.75) is 32.9 Å². The molecule has 0 fully saturated rings. The number of nitrogens with zero attached hydrogens (tertiary/aromatic N) is 2. The standard InChI is InChI=1S/C20H28N4S.HI/c1-15(2)12-22-20(21)23-13-18(16-6-4-3-5-7-16)24-10-8-19-17(14-24)9-11-25-19;/h3-7,9,11,15,18H,8,10,12-14H2,1-2H3,(H3,21,22,23);1H. The number of hydrogen-bond donors (Lipinski definition) is 2. The Morgan fingerprint density at radius 1 is 1.27 bits per heavy atom. The molecule has 1 aliphatic heterocycles. The Hall–Kier alpha value is -1.12. The van der Waals surface area contributed by atoms with Crippen LogP contribution in [0, 0.1) is 5.92 Å². The first-order valence-electron chi connectivity index (χ1n) is 9.01. The van der Waals surface area contributed by atoms with Gasteiger partial charge in [0, 0.05) is 31.1 Å². The van der Waals surface area contributed by atoms with Crippen molar-refractivity contribution in [3.63, 3.8) is 0 Å². The molecule has 2 heterocycles. The van der Waals surface area contributed by atoms with Gasteiger partial charge >= 0.3 is 0 Å². The molecule has 1 aliphatic rings. The monoisotopic (exact) mass is 484 g/mol. The number of benzene rings is 1. The molecule has 0 saturated heterocycles. The molecule has 0 radical (unpaired) electrons. The zero-order valence-electron chi connectivity index (χ0n) is 15.5. The van der Waals surface area contributed by atoms with Crippen LogP contribution in [-0.4, -0.2) is 30.5 Å². The third-order valence-electron chi connectivity index (χ3n) is 4.57. The van der Waals surface area contributed by atoms with Crippen molar-refractivity contribution in [2.75, 3.05) is 19.6 Å². The Kier molecular flexibility index (Phi) is 8.37. The van der Waals surface area contributed by atoms with E-state index in [-0.39, 0.29) is 24.0 Å². The fraction of sp³-hybridized carbons (Fsp3) is 0.450. The Labute approximate surface area is 177 Å². The van der Waals surface area contributed by atoms with Crippen LogP contribution in [0.5, 0.6) is 0 Å². The van der Waals surface area contributed by atoms with E-state index in [1.165, 1.54) is 16.0 Å². The van der Waals surface area contributed by atoms with Crippen LogP contribution in [0.15, 0.2) is 46.8 Å². The minimum Gasteiger partial charge on any atom is -0.370 e. The van der Waals surface area contributed by atoms with Gasteiger partial charge in [-0.3, -0.25) is 9.89 Å². The molecule has 2 aromatic rings. The van der Waals surface area contributed by atoms with Crippen molar-refractivity contribution >= 4 is 41.3 Å². The van der Waals surface area contributed by atoms with Crippen molar-refractivity contribution in [1.82, 2.24) is 10.2 Å². The molecule has 0 amide bonds. The highest BCUT2D eigenvalue weighted by atomic mass is 127. The number of guanidine groups is 1. The molecule has 4 nitrogen and oxygen atoms in total. The SMILES string of the molecule is CC(C)CN=C(N)NCC(c1ccccc1)N1CCc2sccc2C1.I. The minimum absolute atomic E-state index is 0. The van der Waals surface area contributed by atoms with Crippen LogP contribution in [0.3, 0.4) is 0 Å². The van der Waals surface area contributed by atoms with E-state index in [0.29, 0.717) is 17.9 Å². The molecule has 1 unspecified atom stereocenters. The second-order valence-corrected chi connectivity index (χ2v) is 8.02. The van der Waals surface area contributed by atoms with E-state index in [0.717, 1.165) is 32.6 Å². The van der Waals surface area contributed by atoms with Crippen molar-refractivity contribution in [3.8, 4) is 0 Å². The molecule has 6 heteroatoms. The summed E-state index contributed by atoms with van der Waals surface area (Å²) in [5.41, 5.74) is 8.86. The number of hydrogen-bond acceptors (Lipinski definition) is 3. The molecular formula is C20H29IN4S. The van der Waals surface area contributed by atoms with E-state index in [9.17, 15) is 0 Å². The van der Waals surface area contributed by atoms with Gasteiger partial charge in [-0.25, -0.2) is 0 Å². The molecule has 0 aliphatic carbocycles. The number of nitrogens with two attached hydrogens (primary N) is 1. The van der Waals surface area contributed by atoms with E-state index in [4.69, 9.17) is 5.73 Å². The molecule has 3 N–H and O–H groups in total. The first-order chi connectivity index (χ1) is 12.1. The largest absolute Gasteiger partial charge is 0.370 e. The maximum Gasteiger partial charge on any atom is 0.188 e. The van der Waals surface area contributed by atoms with Crippen molar-refractivity contribution in [3.05, 3.63) is 57.8 Å². The Balaban J connectivity index is 0.00000243. The second kappa shape index (κ2) is 10.3. The van der Waals surface area contributed by atoms with Crippen molar-refractivity contribution < 1.29 is 0 Å². The highest BCUT2D eigenvalue weighted by Crippen LogP contribution is 2.30. The molecule has 1 atom stereocenters. The van der Waals surface area contributed by atoms with Crippen molar-refractivity contribution in [2.24, 2.45) is 16.6 Å². The first kappa shape index (κ1) is 21.2. The molecule has 3 rings (SSSR count). The molecular weight excluding hydrogens is 455 g/mol. The summed E-state index contributed by atoms with van der Waals surface area (Å²) >= 11 is 1.88. The van der Waals surface area contributed by atoms with E-state index >= 15 is 0 Å². The summed E-state index contributed by atoms with van der Waals surface area (Å²) in [5, 5.41) is 5.55. The number of aliphatic imine (C=N–C) groups is 1. The predicted molar refractivity (Wildman–Crippen MR) is 122 cm³/mol. The summed E-state index contributed by atoms with van der Waals surface area (Å²) in [5.74, 6) is 1.06. The number of thiophene rings is 1. The molecule has 0 spiro atoms. The van der Waals surface area contributed by atoms with Gasteiger partial charge in [0.1, 0.15) is 0 Å². The first-order valence-corrected chi connectivity index (χ1v) is 9.89. The molecule has 142 valence electrons. The van der Waals surface area contributed by atoms with Gasteiger partial charge in [-0.15, -0.1) is 35.3 Å². The summed E-state index contributed by atoms with van der Waals surface area (Å²) in [7, 11) is 0. The van der Waals surface area contributed by atoms with Gasteiger partial charge in [-0.05, 0) is 34.9 Å². The predicted octanol–water partition coefficient (Wildman–Crippen LogP) is 4.03. The summed E-state index contributed by atoms with van der Waals surface area (Å²) < 4.78 is 0. The number of nitrogens with one attached hydrogen (secondary N) is 1. The summed E-state index contributed by atoms with van der Waals surface area (Å²) in [6.07, 6.45) is 1.13. The molecule has 0 bridgehead atoms. The highest BCUT2D eigenvalue weighted by Gasteiger charge is 2.25. The smallest absolute Gasteiger partial charge is 0.188 e. The van der Waals surface area contributed by atoms with Crippen molar-refractivity contribution in [1.29, 1.82) is 0 Å². The Bertz CT molecular complexity index is 699. The Morgan fingerprint density at radius 3 is 2.77 bits per heavy atom. The van der Waals surface area contributed by atoms with Gasteiger partial charge in [-0.1, -0.05) is 44.2 Å². The van der Waals surface area contributed by atoms with Crippen LogP contribution in [0.25, 0.3) is 0 Å². The second-order valence-electron chi connectivity index (χ2n) is 7.02. The Morgan fingerprint density at radius 2 is 2.04 bits per heavy atom. The van der Waals surface area contributed by atoms with Crippen LogP contribution >= 0.6 is 35.3 Å². The maximum atomic E-state index is 6.06. The third-order valence-corrected chi connectivity index (χ3v) is 5.59. The van der Waals surface area contributed by atoms with E-state index in [1.807, 2.05) is 11.3 Å². The zero-order valence-corrected chi connectivity index (χ0v) is 18.7. The number of rotatable bonds is 6. The van der Waals surface area contributed by atoms with Crippen LogP contribution in [-0.2, 0) is 13.0 Å². The fourth-order valence-electron chi connectivity index (χ4n) is 3.21. The number of halogens is 1. The molecule has 1 aromatic carbocycles. The normalized spacial score (nSPS) is 16.0. The minimum atomic E-state index is 0. The van der Waals surface area contributed by atoms with Crippen LogP contribution < -0.4 is 11.1 Å². The van der Waals surface area contributed by atoms with E-state index in [2.05, 4.69) is 70.8 Å². The van der Waals surface area contributed by atoms with E-state index < -0.39 is 0 Å². The zero-order chi connectivity index (χ0) is 17.6. The maximum absolute atomic E-state index is 6.06. The third kappa shape index (κ3) is 5.69. The average Bonchev–Trinajstić information content (AvgIpc) is 3.09.